The molecule has 1 atom stereocenters. The number of hydrogen-bond donors (Lipinski definition) is 1. The van der Waals surface area contributed by atoms with E-state index in [1.165, 1.54) is 0 Å². The molecule has 0 aliphatic carbocycles. The zero-order valence-corrected chi connectivity index (χ0v) is 11.6. The van der Waals surface area contributed by atoms with E-state index < -0.39 is 24.7 Å². The second-order valence-corrected chi connectivity index (χ2v) is 5.15. The average molecular weight is 313 g/mol. The van der Waals surface area contributed by atoms with Crippen molar-refractivity contribution in [2.75, 3.05) is 18.0 Å². The van der Waals surface area contributed by atoms with Crippen LogP contribution in [0.4, 0.5) is 19.2 Å². The van der Waals surface area contributed by atoms with Crippen molar-refractivity contribution >= 4 is 23.0 Å². The third-order valence-electron chi connectivity index (χ3n) is 3.55. The van der Waals surface area contributed by atoms with E-state index in [2.05, 4.69) is 4.98 Å². The molecule has 22 heavy (non-hydrogen) atoms. The van der Waals surface area contributed by atoms with E-state index in [-0.39, 0.29) is 6.01 Å². The number of alkyl halides is 3. The predicted octanol–water partition coefficient (Wildman–Crippen LogP) is 2.48. The highest BCUT2D eigenvalue weighted by Gasteiger charge is 2.36. The Morgan fingerprint density at radius 2 is 2.18 bits per heavy atom. The molecule has 5 nitrogen and oxygen atoms in total. The van der Waals surface area contributed by atoms with Gasteiger partial charge < -0.3 is 14.6 Å². The van der Waals surface area contributed by atoms with E-state index >= 15 is 0 Å². The average Bonchev–Trinajstić information content (AvgIpc) is 3.09. The minimum Gasteiger partial charge on any atom is -0.423 e. The van der Waals surface area contributed by atoms with Gasteiger partial charge in [0.1, 0.15) is 18.1 Å². The Labute approximate surface area is 124 Å². The topological polar surface area (TPSA) is 58.4 Å². The fourth-order valence-electron chi connectivity index (χ4n) is 2.56. The van der Waals surface area contributed by atoms with Gasteiger partial charge in [0, 0.05) is 6.54 Å². The van der Waals surface area contributed by atoms with Gasteiger partial charge in [-0.15, -0.1) is 0 Å². The van der Waals surface area contributed by atoms with Crippen LogP contribution in [0.15, 0.2) is 28.7 Å². The number of benzene rings is 1. The predicted molar refractivity (Wildman–Crippen MR) is 73.4 cm³/mol. The van der Waals surface area contributed by atoms with Gasteiger partial charge in [-0.3, -0.25) is 4.79 Å². The maximum atomic E-state index is 12.2. The molecule has 2 heterocycles. The summed E-state index contributed by atoms with van der Waals surface area (Å²) in [5.74, 6) is -0.655. The van der Waals surface area contributed by atoms with Crippen molar-refractivity contribution in [1.82, 2.24) is 10.3 Å². The van der Waals surface area contributed by atoms with E-state index in [1.807, 2.05) is 11.4 Å². The monoisotopic (exact) mass is 313 g/mol. The highest BCUT2D eigenvalue weighted by atomic mass is 19.4. The van der Waals surface area contributed by atoms with Crippen molar-refractivity contribution in [2.45, 2.75) is 25.1 Å². The zero-order valence-electron chi connectivity index (χ0n) is 11.6. The van der Waals surface area contributed by atoms with Crippen LogP contribution < -0.4 is 10.2 Å². The van der Waals surface area contributed by atoms with Gasteiger partial charge in [0.2, 0.25) is 5.91 Å². The third-order valence-corrected chi connectivity index (χ3v) is 3.55. The van der Waals surface area contributed by atoms with Gasteiger partial charge in [-0.2, -0.15) is 18.2 Å². The van der Waals surface area contributed by atoms with Gasteiger partial charge in [-0.1, -0.05) is 12.1 Å². The SMILES string of the molecule is O=C(NCC(F)(F)F)[C@@H]1CCCN1c1nc2ccccc2o1. The Bertz CT molecular complexity index is 650. The normalized spacial score (nSPS) is 18.9. The van der Waals surface area contributed by atoms with Crippen LogP contribution in [0, 0.1) is 0 Å². The fraction of sp³-hybridized carbons (Fsp3) is 0.429. The van der Waals surface area contributed by atoms with Gasteiger partial charge in [0.05, 0.1) is 0 Å². The van der Waals surface area contributed by atoms with Crippen LogP contribution in [-0.2, 0) is 4.79 Å². The summed E-state index contributed by atoms with van der Waals surface area (Å²) in [7, 11) is 0. The van der Waals surface area contributed by atoms with Crippen LogP contribution in [0.1, 0.15) is 12.8 Å². The summed E-state index contributed by atoms with van der Waals surface area (Å²) < 4.78 is 42.2. The first-order valence-corrected chi connectivity index (χ1v) is 6.91. The number of nitrogens with zero attached hydrogens (tertiary/aromatic N) is 2. The molecule has 1 N–H and O–H groups in total. The van der Waals surface area contributed by atoms with Crippen molar-refractivity contribution in [3.63, 3.8) is 0 Å². The van der Waals surface area contributed by atoms with Crippen molar-refractivity contribution in [1.29, 1.82) is 0 Å². The summed E-state index contributed by atoms with van der Waals surface area (Å²) in [5, 5.41) is 1.92. The van der Waals surface area contributed by atoms with Crippen molar-refractivity contribution in [3.8, 4) is 0 Å². The summed E-state index contributed by atoms with van der Waals surface area (Å²) in [5.41, 5.74) is 1.23. The van der Waals surface area contributed by atoms with Gasteiger partial charge in [-0.25, -0.2) is 0 Å². The molecule has 1 saturated heterocycles. The van der Waals surface area contributed by atoms with E-state index in [0.717, 1.165) is 0 Å². The largest absolute Gasteiger partial charge is 0.423 e. The number of hydrogen-bond acceptors (Lipinski definition) is 4. The Balaban J connectivity index is 1.76. The number of oxazole rings is 1. The molecular formula is C14H14F3N3O2. The maximum Gasteiger partial charge on any atom is 0.405 e. The lowest BCUT2D eigenvalue weighted by Crippen LogP contribution is -2.46. The lowest BCUT2D eigenvalue weighted by molar-refractivity contribution is -0.139. The van der Waals surface area contributed by atoms with Crippen molar-refractivity contribution in [2.24, 2.45) is 0 Å². The lowest BCUT2D eigenvalue weighted by Gasteiger charge is -2.22. The molecule has 1 aromatic heterocycles. The van der Waals surface area contributed by atoms with Crippen LogP contribution in [0.5, 0.6) is 0 Å². The molecule has 3 rings (SSSR count). The first-order valence-electron chi connectivity index (χ1n) is 6.91. The van der Waals surface area contributed by atoms with Gasteiger partial charge in [0.25, 0.3) is 6.01 Å². The number of para-hydroxylation sites is 2. The summed E-state index contributed by atoms with van der Waals surface area (Å²) >= 11 is 0. The third kappa shape index (κ3) is 3.00. The standard InChI is InChI=1S/C14H14F3N3O2/c15-14(16,17)8-18-12(21)10-5-3-7-20(10)13-19-9-4-1-2-6-11(9)22-13/h1-2,4,6,10H,3,5,7-8H2,(H,18,21)/t10-/m0/s1. The molecule has 0 radical (unpaired) electrons. The molecule has 0 bridgehead atoms. The molecule has 0 saturated carbocycles. The van der Waals surface area contributed by atoms with Gasteiger partial charge in [0.15, 0.2) is 5.58 Å². The smallest absolute Gasteiger partial charge is 0.405 e. The molecular weight excluding hydrogens is 299 g/mol. The summed E-state index contributed by atoms with van der Waals surface area (Å²) in [6, 6.07) is 6.72. The van der Waals surface area contributed by atoms with Gasteiger partial charge in [-0.05, 0) is 25.0 Å². The molecule has 8 heteroatoms. The van der Waals surface area contributed by atoms with E-state index in [4.69, 9.17) is 4.42 Å². The number of nitrogens with one attached hydrogen (secondary N) is 1. The number of carbonyl (C=O) groups is 1. The Kier molecular flexibility index (Phi) is 3.67. The molecule has 0 unspecified atom stereocenters. The first-order chi connectivity index (χ1) is 10.4. The number of carbonyl (C=O) groups excluding carboxylic acids is 1. The number of halogens is 3. The second kappa shape index (κ2) is 5.51. The lowest BCUT2D eigenvalue weighted by atomic mass is 10.2. The second-order valence-electron chi connectivity index (χ2n) is 5.15. The number of amides is 1. The van der Waals surface area contributed by atoms with Crippen LogP contribution in [0.25, 0.3) is 11.1 Å². The molecule has 0 spiro atoms. The molecule has 1 aliphatic rings. The molecule has 1 fully saturated rings. The number of anilines is 1. The van der Waals surface area contributed by atoms with Crippen molar-refractivity contribution < 1.29 is 22.4 Å². The quantitative estimate of drug-likeness (QED) is 0.946. The van der Waals surface area contributed by atoms with E-state index in [1.54, 1.807) is 23.1 Å². The van der Waals surface area contributed by atoms with Crippen molar-refractivity contribution in [3.05, 3.63) is 24.3 Å². The van der Waals surface area contributed by atoms with Crippen LogP contribution in [0.3, 0.4) is 0 Å². The molecule has 2 aromatic rings. The summed E-state index contributed by atoms with van der Waals surface area (Å²) in [6.45, 7) is -0.805. The minimum absolute atomic E-state index is 0.269. The Morgan fingerprint density at radius 1 is 1.41 bits per heavy atom. The number of fused-ring (bicyclic) bond motifs is 1. The van der Waals surface area contributed by atoms with Crippen LogP contribution in [0.2, 0.25) is 0 Å². The molecule has 1 amide bonds. The van der Waals surface area contributed by atoms with Crippen LogP contribution in [-0.4, -0.2) is 36.2 Å². The first kappa shape index (κ1) is 14.7. The zero-order chi connectivity index (χ0) is 15.7. The number of aromatic nitrogens is 1. The summed E-state index contributed by atoms with van der Waals surface area (Å²) in [4.78, 5) is 17.9. The minimum atomic E-state index is -4.42. The molecule has 1 aromatic carbocycles. The van der Waals surface area contributed by atoms with Crippen LogP contribution >= 0.6 is 0 Å². The number of rotatable bonds is 3. The highest BCUT2D eigenvalue weighted by molar-refractivity contribution is 5.85. The Hall–Kier alpha value is -2.25. The summed E-state index contributed by atoms with van der Waals surface area (Å²) in [6.07, 6.45) is -3.25. The highest BCUT2D eigenvalue weighted by Crippen LogP contribution is 2.28. The maximum absolute atomic E-state index is 12.2. The molecule has 1 aliphatic heterocycles. The Morgan fingerprint density at radius 3 is 2.91 bits per heavy atom. The fourth-order valence-corrected chi connectivity index (χ4v) is 2.56. The van der Waals surface area contributed by atoms with E-state index in [9.17, 15) is 18.0 Å². The van der Waals surface area contributed by atoms with Gasteiger partial charge >= 0.3 is 6.18 Å². The molecule has 118 valence electrons. The van der Waals surface area contributed by atoms with E-state index in [0.29, 0.717) is 30.5 Å².